The normalized spacial score (nSPS) is 21.4. The van der Waals surface area contributed by atoms with Crippen LogP contribution in [0.25, 0.3) is 0 Å². The molecule has 0 unspecified atom stereocenters. The zero-order chi connectivity index (χ0) is 17.6. The van der Waals surface area contributed by atoms with Gasteiger partial charge in [-0.2, -0.15) is 0 Å². The van der Waals surface area contributed by atoms with E-state index in [4.69, 9.17) is 0 Å². The number of anilines is 1. The zero-order valence-corrected chi connectivity index (χ0v) is 14.9. The van der Waals surface area contributed by atoms with Gasteiger partial charge in [0.05, 0.1) is 6.54 Å². The summed E-state index contributed by atoms with van der Waals surface area (Å²) < 4.78 is 0. The lowest BCUT2D eigenvalue weighted by Crippen LogP contribution is -2.52. The van der Waals surface area contributed by atoms with Crippen LogP contribution >= 0.6 is 0 Å². The molecule has 1 aromatic heterocycles. The largest absolute Gasteiger partial charge is 0.370 e. The summed E-state index contributed by atoms with van der Waals surface area (Å²) >= 11 is 0. The first-order chi connectivity index (χ1) is 12.1. The summed E-state index contributed by atoms with van der Waals surface area (Å²) in [4.78, 5) is 34.0. The molecule has 2 fully saturated rings. The van der Waals surface area contributed by atoms with Gasteiger partial charge in [0.2, 0.25) is 11.8 Å². The van der Waals surface area contributed by atoms with E-state index in [1.807, 2.05) is 23.1 Å². The van der Waals surface area contributed by atoms with E-state index < -0.39 is 0 Å². The molecule has 3 rings (SSSR count). The van der Waals surface area contributed by atoms with Gasteiger partial charge >= 0.3 is 0 Å². The lowest BCUT2D eigenvalue weighted by atomic mass is 10.1. The first-order valence-corrected chi connectivity index (χ1v) is 9.02. The van der Waals surface area contributed by atoms with Gasteiger partial charge in [-0.25, -0.2) is 4.98 Å². The minimum Gasteiger partial charge on any atom is -0.370 e. The Kier molecular flexibility index (Phi) is 5.86. The Balaban J connectivity index is 1.38. The monoisotopic (exact) mass is 345 g/mol. The van der Waals surface area contributed by atoms with Crippen LogP contribution in [0.2, 0.25) is 0 Å². The van der Waals surface area contributed by atoms with Gasteiger partial charge in [-0.3, -0.25) is 14.5 Å². The predicted octanol–water partition coefficient (Wildman–Crippen LogP) is 0.506. The van der Waals surface area contributed by atoms with Crippen molar-refractivity contribution in [2.75, 3.05) is 57.7 Å². The number of hydrogen-bond acceptors (Lipinski definition) is 5. The Morgan fingerprint density at radius 3 is 2.60 bits per heavy atom. The summed E-state index contributed by atoms with van der Waals surface area (Å²) in [7, 11) is 0. The highest BCUT2D eigenvalue weighted by atomic mass is 16.2. The van der Waals surface area contributed by atoms with E-state index in [1.165, 1.54) is 0 Å². The van der Waals surface area contributed by atoms with Gasteiger partial charge in [0.25, 0.3) is 0 Å². The molecule has 136 valence electrons. The van der Waals surface area contributed by atoms with E-state index in [0.29, 0.717) is 38.6 Å². The van der Waals surface area contributed by atoms with Gasteiger partial charge in [0, 0.05) is 52.4 Å². The van der Waals surface area contributed by atoms with Gasteiger partial charge in [0.1, 0.15) is 5.82 Å². The smallest absolute Gasteiger partial charge is 0.236 e. The quantitative estimate of drug-likeness (QED) is 0.842. The van der Waals surface area contributed by atoms with Crippen molar-refractivity contribution in [1.29, 1.82) is 0 Å². The van der Waals surface area contributed by atoms with Crippen LogP contribution in [0.5, 0.6) is 0 Å². The number of amides is 2. The van der Waals surface area contributed by atoms with Crippen molar-refractivity contribution >= 4 is 17.6 Å². The molecular weight excluding hydrogens is 318 g/mol. The lowest BCUT2D eigenvalue weighted by Gasteiger charge is -2.35. The Labute approximate surface area is 149 Å². The first-order valence-electron chi connectivity index (χ1n) is 9.02. The molecule has 2 aliphatic rings. The summed E-state index contributed by atoms with van der Waals surface area (Å²) in [5, 5.41) is 3.37. The summed E-state index contributed by atoms with van der Waals surface area (Å²) in [6, 6.07) is 5.85. The van der Waals surface area contributed by atoms with Crippen LogP contribution in [0, 0.1) is 5.92 Å². The molecule has 2 saturated heterocycles. The molecule has 0 bridgehead atoms. The second kappa shape index (κ2) is 8.29. The Morgan fingerprint density at radius 1 is 1.16 bits per heavy atom. The summed E-state index contributed by atoms with van der Waals surface area (Å²) in [5.41, 5.74) is 0. The third-order valence-electron chi connectivity index (χ3n) is 5.04. The minimum absolute atomic E-state index is 0.0925. The maximum Gasteiger partial charge on any atom is 0.236 e. The third kappa shape index (κ3) is 4.92. The number of rotatable bonds is 5. The predicted molar refractivity (Wildman–Crippen MR) is 96.1 cm³/mol. The van der Waals surface area contributed by atoms with Gasteiger partial charge in [-0.1, -0.05) is 6.07 Å². The van der Waals surface area contributed by atoms with Crippen molar-refractivity contribution in [3.05, 3.63) is 24.4 Å². The zero-order valence-electron chi connectivity index (χ0n) is 14.9. The maximum absolute atomic E-state index is 12.5. The average molecular weight is 345 g/mol. The number of nitrogens with zero attached hydrogens (tertiary/aromatic N) is 4. The van der Waals surface area contributed by atoms with E-state index in [1.54, 1.807) is 18.0 Å². The van der Waals surface area contributed by atoms with Gasteiger partial charge < -0.3 is 15.1 Å². The number of aromatic nitrogens is 1. The highest BCUT2D eigenvalue weighted by molar-refractivity contribution is 5.79. The van der Waals surface area contributed by atoms with Crippen LogP contribution in [0.4, 0.5) is 5.82 Å². The van der Waals surface area contributed by atoms with Gasteiger partial charge in [0.15, 0.2) is 0 Å². The molecule has 7 nitrogen and oxygen atoms in total. The summed E-state index contributed by atoms with van der Waals surface area (Å²) in [6.07, 6.45) is 2.89. The third-order valence-corrected chi connectivity index (χ3v) is 5.04. The molecule has 1 atom stereocenters. The molecule has 7 heteroatoms. The van der Waals surface area contributed by atoms with Crippen LogP contribution in [0.15, 0.2) is 24.4 Å². The number of piperazine rings is 1. The number of carbonyl (C=O) groups excluding carboxylic acids is 2. The number of nitrogens with one attached hydrogen (secondary N) is 1. The van der Waals surface area contributed by atoms with Crippen LogP contribution in [0.3, 0.4) is 0 Å². The van der Waals surface area contributed by atoms with Crippen molar-refractivity contribution < 1.29 is 9.59 Å². The minimum atomic E-state index is 0.0925. The fourth-order valence-electron chi connectivity index (χ4n) is 3.50. The highest BCUT2D eigenvalue weighted by Gasteiger charge is 2.27. The topological polar surface area (TPSA) is 68.8 Å². The van der Waals surface area contributed by atoms with E-state index in [2.05, 4.69) is 15.2 Å². The van der Waals surface area contributed by atoms with Crippen molar-refractivity contribution in [3.63, 3.8) is 0 Å². The molecule has 2 amide bonds. The van der Waals surface area contributed by atoms with Crippen LogP contribution in [-0.4, -0.2) is 83.9 Å². The Bertz CT molecular complexity index is 586. The fourth-order valence-corrected chi connectivity index (χ4v) is 3.50. The molecule has 2 aliphatic heterocycles. The van der Waals surface area contributed by atoms with Crippen molar-refractivity contribution in [3.8, 4) is 0 Å². The van der Waals surface area contributed by atoms with E-state index in [-0.39, 0.29) is 11.8 Å². The van der Waals surface area contributed by atoms with Crippen molar-refractivity contribution in [1.82, 2.24) is 19.7 Å². The van der Waals surface area contributed by atoms with E-state index >= 15 is 0 Å². The molecule has 0 spiro atoms. The van der Waals surface area contributed by atoms with E-state index in [0.717, 1.165) is 31.9 Å². The lowest BCUT2D eigenvalue weighted by molar-refractivity contribution is -0.139. The summed E-state index contributed by atoms with van der Waals surface area (Å²) in [5.74, 6) is 1.72. The number of likely N-dealkylation sites (tertiary alicyclic amines) is 1. The molecule has 1 aromatic rings. The molecule has 1 N–H and O–H groups in total. The number of pyridine rings is 1. The second-order valence-electron chi connectivity index (χ2n) is 6.87. The van der Waals surface area contributed by atoms with Crippen LogP contribution in [0.1, 0.15) is 13.3 Å². The maximum atomic E-state index is 12.5. The Hall–Kier alpha value is -2.15. The average Bonchev–Trinajstić information content (AvgIpc) is 3.08. The highest BCUT2D eigenvalue weighted by Crippen LogP contribution is 2.17. The van der Waals surface area contributed by atoms with Crippen LogP contribution < -0.4 is 5.32 Å². The van der Waals surface area contributed by atoms with Gasteiger partial charge in [-0.15, -0.1) is 0 Å². The standard InChI is InChI=1S/C18H27N5O2/c1-15(24)22-8-10-23(11-9-22)18(25)14-21-7-5-16(13-21)12-20-17-4-2-3-6-19-17/h2-4,6,16H,5,7-14H2,1H3,(H,19,20)/t16-/m0/s1. The van der Waals surface area contributed by atoms with Crippen molar-refractivity contribution in [2.45, 2.75) is 13.3 Å². The molecule has 0 radical (unpaired) electrons. The Morgan fingerprint density at radius 2 is 1.92 bits per heavy atom. The number of hydrogen-bond donors (Lipinski definition) is 1. The van der Waals surface area contributed by atoms with Crippen LogP contribution in [-0.2, 0) is 9.59 Å². The van der Waals surface area contributed by atoms with Gasteiger partial charge in [-0.05, 0) is 31.0 Å². The molecular formula is C18H27N5O2. The molecule has 3 heterocycles. The number of carbonyl (C=O) groups is 2. The molecule has 0 saturated carbocycles. The second-order valence-corrected chi connectivity index (χ2v) is 6.87. The molecule has 25 heavy (non-hydrogen) atoms. The first kappa shape index (κ1) is 17.7. The summed E-state index contributed by atoms with van der Waals surface area (Å²) in [6.45, 7) is 7.47. The van der Waals surface area contributed by atoms with Crippen molar-refractivity contribution in [2.24, 2.45) is 5.92 Å². The fraction of sp³-hybridized carbons (Fsp3) is 0.611. The molecule has 0 aromatic carbocycles. The molecule has 0 aliphatic carbocycles. The SMILES string of the molecule is CC(=O)N1CCN(C(=O)CN2CC[C@@H](CNc3ccccn3)C2)CC1. The van der Waals surface area contributed by atoms with E-state index in [9.17, 15) is 9.59 Å².